The van der Waals surface area contributed by atoms with Crippen molar-refractivity contribution in [3.63, 3.8) is 0 Å². The summed E-state index contributed by atoms with van der Waals surface area (Å²) >= 11 is 0. The van der Waals surface area contributed by atoms with Gasteiger partial charge in [-0.15, -0.1) is 0 Å². The van der Waals surface area contributed by atoms with Crippen LogP contribution < -0.4 is 0 Å². The van der Waals surface area contributed by atoms with Gasteiger partial charge in [0.05, 0.1) is 6.10 Å². The van der Waals surface area contributed by atoms with Gasteiger partial charge >= 0.3 is 5.97 Å². The summed E-state index contributed by atoms with van der Waals surface area (Å²) in [6.07, 6.45) is 3.67. The number of carbonyl (C=O) groups is 2. The first kappa shape index (κ1) is 14.3. The van der Waals surface area contributed by atoms with Gasteiger partial charge in [0.15, 0.2) is 0 Å². The van der Waals surface area contributed by atoms with Gasteiger partial charge in [-0.1, -0.05) is 0 Å². The van der Waals surface area contributed by atoms with E-state index in [-0.39, 0.29) is 30.3 Å². The maximum Gasteiger partial charge on any atom is 0.303 e. The summed E-state index contributed by atoms with van der Waals surface area (Å²) in [6, 6.07) is 0. The second kappa shape index (κ2) is 6.37. The zero-order valence-corrected chi connectivity index (χ0v) is 11.5. The molecule has 1 N–H and O–H groups in total. The van der Waals surface area contributed by atoms with Gasteiger partial charge in [-0.2, -0.15) is 0 Å². The molecule has 0 aromatic rings. The van der Waals surface area contributed by atoms with Gasteiger partial charge in [-0.25, -0.2) is 0 Å². The summed E-state index contributed by atoms with van der Waals surface area (Å²) in [5.74, 6) is -0.165. The lowest BCUT2D eigenvalue weighted by molar-refractivity contribution is -0.142. The minimum atomic E-state index is -0.733. The van der Waals surface area contributed by atoms with Crippen molar-refractivity contribution in [3.8, 4) is 0 Å². The largest absolute Gasteiger partial charge is 0.481 e. The number of carboxylic acid groups (broad SMARTS) is 1. The molecule has 5 heteroatoms. The number of hydrogen-bond acceptors (Lipinski definition) is 3. The van der Waals surface area contributed by atoms with Gasteiger partial charge < -0.3 is 14.7 Å². The van der Waals surface area contributed by atoms with Crippen LogP contribution in [0.5, 0.6) is 0 Å². The van der Waals surface area contributed by atoms with Crippen LogP contribution in [0.2, 0.25) is 0 Å². The molecule has 0 radical (unpaired) electrons. The molecule has 2 aliphatic rings. The summed E-state index contributed by atoms with van der Waals surface area (Å²) in [4.78, 5) is 25.0. The molecule has 2 atom stereocenters. The van der Waals surface area contributed by atoms with Crippen LogP contribution in [0, 0.1) is 11.8 Å². The minimum absolute atomic E-state index is 0.0970. The van der Waals surface area contributed by atoms with Crippen LogP contribution in [0.15, 0.2) is 0 Å². The van der Waals surface area contributed by atoms with E-state index in [0.717, 1.165) is 25.7 Å². The lowest BCUT2D eigenvalue weighted by Crippen LogP contribution is -2.44. The topological polar surface area (TPSA) is 66.8 Å². The molecule has 0 aromatic heterocycles. The Bertz CT molecular complexity index is 336. The molecule has 0 saturated carbocycles. The zero-order valence-electron chi connectivity index (χ0n) is 11.5. The van der Waals surface area contributed by atoms with Gasteiger partial charge in [-0.05, 0) is 38.5 Å². The lowest BCUT2D eigenvalue weighted by atomic mass is 9.90. The quantitative estimate of drug-likeness (QED) is 0.843. The fraction of sp³-hybridized carbons (Fsp3) is 0.857. The molecule has 0 aliphatic carbocycles. The van der Waals surface area contributed by atoms with E-state index in [2.05, 4.69) is 0 Å². The number of nitrogens with zero attached hydrogens (tertiary/aromatic N) is 1. The Labute approximate surface area is 113 Å². The predicted octanol–water partition coefficient (Wildman–Crippen LogP) is 1.51. The molecule has 2 rings (SSSR count). The molecule has 108 valence electrons. The van der Waals surface area contributed by atoms with Crippen LogP contribution in [0.1, 0.15) is 39.0 Å². The Morgan fingerprint density at radius 2 is 1.95 bits per heavy atom. The molecule has 0 unspecified atom stereocenters. The highest BCUT2D eigenvalue weighted by Crippen LogP contribution is 2.26. The maximum absolute atomic E-state index is 12.4. The first-order chi connectivity index (χ1) is 9.06. The highest BCUT2D eigenvalue weighted by Gasteiger charge is 2.31. The third kappa shape index (κ3) is 3.93. The smallest absolute Gasteiger partial charge is 0.303 e. The Hall–Kier alpha value is -1.10. The number of hydrogen-bond donors (Lipinski definition) is 1. The van der Waals surface area contributed by atoms with E-state index < -0.39 is 5.97 Å². The van der Waals surface area contributed by atoms with E-state index in [1.807, 2.05) is 11.8 Å². The molecule has 2 fully saturated rings. The van der Waals surface area contributed by atoms with E-state index in [9.17, 15) is 9.59 Å². The van der Waals surface area contributed by atoms with Crippen molar-refractivity contribution >= 4 is 11.9 Å². The Kier molecular flexibility index (Phi) is 4.80. The van der Waals surface area contributed by atoms with Gasteiger partial charge in [0.2, 0.25) is 5.91 Å². The molecule has 5 nitrogen and oxygen atoms in total. The number of ether oxygens (including phenoxy) is 1. The Balaban J connectivity index is 1.80. The molecule has 0 spiro atoms. The first-order valence-electron chi connectivity index (χ1n) is 7.18. The number of rotatable bonds is 3. The van der Waals surface area contributed by atoms with Gasteiger partial charge in [-0.3, -0.25) is 9.59 Å². The minimum Gasteiger partial charge on any atom is -0.481 e. The summed E-state index contributed by atoms with van der Waals surface area (Å²) in [5, 5.41) is 8.78. The van der Waals surface area contributed by atoms with Crippen molar-refractivity contribution in [3.05, 3.63) is 0 Å². The standard InChI is InChI=1S/C14H23NO4/c1-10-8-12(4-7-19-10)14(18)15-5-2-11(3-6-15)9-13(16)17/h10-12H,2-9H2,1H3,(H,16,17)/t10-,12+/m1/s1. The van der Waals surface area contributed by atoms with Crippen molar-refractivity contribution in [2.24, 2.45) is 11.8 Å². The second-order valence-electron chi connectivity index (χ2n) is 5.77. The maximum atomic E-state index is 12.4. The number of amides is 1. The van der Waals surface area contributed by atoms with Gasteiger partial charge in [0.25, 0.3) is 0 Å². The van der Waals surface area contributed by atoms with E-state index in [4.69, 9.17) is 9.84 Å². The van der Waals surface area contributed by atoms with Crippen LogP contribution in [-0.2, 0) is 14.3 Å². The van der Waals surface area contributed by atoms with Crippen molar-refractivity contribution in [2.75, 3.05) is 19.7 Å². The van der Waals surface area contributed by atoms with Crippen LogP contribution >= 0.6 is 0 Å². The zero-order chi connectivity index (χ0) is 13.8. The van der Waals surface area contributed by atoms with E-state index in [0.29, 0.717) is 19.7 Å². The van der Waals surface area contributed by atoms with Crippen molar-refractivity contribution < 1.29 is 19.4 Å². The van der Waals surface area contributed by atoms with Crippen LogP contribution in [-0.4, -0.2) is 47.7 Å². The van der Waals surface area contributed by atoms with E-state index in [1.165, 1.54) is 0 Å². The number of likely N-dealkylation sites (tertiary alicyclic amines) is 1. The van der Waals surface area contributed by atoms with Crippen LogP contribution in [0.25, 0.3) is 0 Å². The molecule has 2 aliphatic heterocycles. The van der Waals surface area contributed by atoms with Crippen LogP contribution in [0.3, 0.4) is 0 Å². The molecule has 2 heterocycles. The highest BCUT2D eigenvalue weighted by molar-refractivity contribution is 5.79. The van der Waals surface area contributed by atoms with Crippen LogP contribution in [0.4, 0.5) is 0 Å². The normalized spacial score (nSPS) is 29.2. The van der Waals surface area contributed by atoms with E-state index in [1.54, 1.807) is 0 Å². The SMILES string of the molecule is C[C@@H]1C[C@@H](C(=O)N2CCC(CC(=O)O)CC2)CCO1. The van der Waals surface area contributed by atoms with Gasteiger partial charge in [0.1, 0.15) is 0 Å². The molecule has 0 aromatic carbocycles. The molecule has 2 saturated heterocycles. The molecule has 1 amide bonds. The van der Waals surface area contributed by atoms with Crippen molar-refractivity contribution in [2.45, 2.75) is 45.1 Å². The Morgan fingerprint density at radius 3 is 2.53 bits per heavy atom. The molecule has 0 bridgehead atoms. The first-order valence-corrected chi connectivity index (χ1v) is 7.18. The average molecular weight is 269 g/mol. The summed E-state index contributed by atoms with van der Waals surface area (Å²) in [6.45, 7) is 4.11. The summed E-state index contributed by atoms with van der Waals surface area (Å²) in [5.41, 5.74) is 0. The molecular weight excluding hydrogens is 246 g/mol. The number of carbonyl (C=O) groups excluding carboxylic acids is 1. The number of aliphatic carboxylic acids is 1. The number of carboxylic acids is 1. The molecule has 19 heavy (non-hydrogen) atoms. The average Bonchev–Trinajstić information content (AvgIpc) is 2.38. The third-order valence-electron chi connectivity index (χ3n) is 4.22. The van der Waals surface area contributed by atoms with E-state index >= 15 is 0 Å². The number of piperidine rings is 1. The fourth-order valence-electron chi connectivity index (χ4n) is 3.08. The Morgan fingerprint density at radius 1 is 1.26 bits per heavy atom. The lowest BCUT2D eigenvalue weighted by Gasteiger charge is -2.35. The van der Waals surface area contributed by atoms with Gasteiger partial charge in [0, 0.05) is 32.0 Å². The third-order valence-corrected chi connectivity index (χ3v) is 4.22. The van der Waals surface area contributed by atoms with Crippen molar-refractivity contribution in [1.82, 2.24) is 4.90 Å². The summed E-state index contributed by atoms with van der Waals surface area (Å²) in [7, 11) is 0. The monoisotopic (exact) mass is 269 g/mol. The van der Waals surface area contributed by atoms with Crippen molar-refractivity contribution in [1.29, 1.82) is 0 Å². The predicted molar refractivity (Wildman–Crippen MR) is 69.7 cm³/mol. The molecular formula is C14H23NO4. The highest BCUT2D eigenvalue weighted by atomic mass is 16.5. The summed E-state index contributed by atoms with van der Waals surface area (Å²) < 4.78 is 5.47. The fourth-order valence-corrected chi connectivity index (χ4v) is 3.08. The second-order valence-corrected chi connectivity index (χ2v) is 5.77.